The summed E-state index contributed by atoms with van der Waals surface area (Å²) < 4.78 is 3.74. The molecular formula is C11H12N6. The van der Waals surface area contributed by atoms with E-state index in [2.05, 4.69) is 20.3 Å². The van der Waals surface area contributed by atoms with Gasteiger partial charge in [0.05, 0.1) is 11.7 Å². The largest absolute Gasteiger partial charge is 0.314 e. The van der Waals surface area contributed by atoms with Crippen LogP contribution in [0.15, 0.2) is 18.5 Å². The lowest BCUT2D eigenvalue weighted by atomic mass is 10.2. The van der Waals surface area contributed by atoms with Crippen molar-refractivity contribution >= 4 is 11.0 Å². The van der Waals surface area contributed by atoms with Crippen LogP contribution >= 0.6 is 0 Å². The van der Waals surface area contributed by atoms with Crippen LogP contribution in [0.3, 0.4) is 0 Å². The zero-order valence-corrected chi connectivity index (χ0v) is 9.92. The fourth-order valence-corrected chi connectivity index (χ4v) is 1.81. The first-order valence-corrected chi connectivity index (χ1v) is 5.31. The first-order chi connectivity index (χ1) is 8.16. The molecule has 0 saturated heterocycles. The highest BCUT2D eigenvalue weighted by molar-refractivity contribution is 5.78. The van der Waals surface area contributed by atoms with Crippen molar-refractivity contribution < 1.29 is 0 Å². The number of nitrogens with zero attached hydrogens (tertiary/aromatic N) is 6. The van der Waals surface area contributed by atoms with Gasteiger partial charge in [-0.15, -0.1) is 10.2 Å². The van der Waals surface area contributed by atoms with E-state index in [0.717, 1.165) is 28.2 Å². The molecule has 0 atom stereocenters. The van der Waals surface area contributed by atoms with E-state index in [1.165, 1.54) is 0 Å². The lowest BCUT2D eigenvalue weighted by molar-refractivity contribution is 0.797. The number of fused-ring (bicyclic) bond motifs is 1. The SMILES string of the molecule is Cc1nnc(-c2cnc3cnn(C)c3c2)n1C. The van der Waals surface area contributed by atoms with E-state index in [0.29, 0.717) is 0 Å². The van der Waals surface area contributed by atoms with Gasteiger partial charge in [0, 0.05) is 25.9 Å². The summed E-state index contributed by atoms with van der Waals surface area (Å²) in [4.78, 5) is 4.36. The fraction of sp³-hybridized carbons (Fsp3) is 0.273. The molecule has 0 aliphatic carbocycles. The standard InChI is InChI=1S/C11H12N6/c1-7-14-15-11(16(7)2)8-4-10-9(12-5-8)6-13-17(10)3/h4-6H,1-3H3. The summed E-state index contributed by atoms with van der Waals surface area (Å²) in [6.45, 7) is 1.92. The Hall–Kier alpha value is -2.24. The molecule has 0 saturated carbocycles. The molecule has 0 fully saturated rings. The third-order valence-corrected chi connectivity index (χ3v) is 2.95. The van der Waals surface area contributed by atoms with Gasteiger partial charge in [-0.25, -0.2) is 0 Å². The van der Waals surface area contributed by atoms with Crippen molar-refractivity contribution in [2.24, 2.45) is 14.1 Å². The minimum atomic E-state index is 0.818. The van der Waals surface area contributed by atoms with Gasteiger partial charge in [0.1, 0.15) is 11.3 Å². The van der Waals surface area contributed by atoms with Gasteiger partial charge in [-0.3, -0.25) is 9.67 Å². The normalized spacial score (nSPS) is 11.2. The molecule has 0 amide bonds. The van der Waals surface area contributed by atoms with E-state index in [9.17, 15) is 0 Å². The van der Waals surface area contributed by atoms with Gasteiger partial charge in [-0.2, -0.15) is 5.10 Å². The van der Waals surface area contributed by atoms with Crippen molar-refractivity contribution in [2.45, 2.75) is 6.92 Å². The summed E-state index contributed by atoms with van der Waals surface area (Å²) in [5.74, 6) is 1.70. The van der Waals surface area contributed by atoms with Crippen LogP contribution in [0.2, 0.25) is 0 Å². The Bertz CT molecular complexity index is 693. The third kappa shape index (κ3) is 1.41. The van der Waals surface area contributed by atoms with E-state index in [1.54, 1.807) is 17.1 Å². The van der Waals surface area contributed by atoms with E-state index in [4.69, 9.17) is 0 Å². The minimum Gasteiger partial charge on any atom is -0.314 e. The zero-order valence-electron chi connectivity index (χ0n) is 9.92. The molecule has 6 heteroatoms. The number of pyridine rings is 1. The highest BCUT2D eigenvalue weighted by Crippen LogP contribution is 2.20. The number of hydrogen-bond acceptors (Lipinski definition) is 4. The first kappa shape index (κ1) is 9.95. The van der Waals surface area contributed by atoms with Crippen LogP contribution in [0.25, 0.3) is 22.4 Å². The van der Waals surface area contributed by atoms with Crippen LogP contribution in [-0.4, -0.2) is 29.5 Å². The van der Waals surface area contributed by atoms with Gasteiger partial charge >= 0.3 is 0 Å². The number of aromatic nitrogens is 6. The third-order valence-electron chi connectivity index (χ3n) is 2.95. The molecule has 0 unspecified atom stereocenters. The summed E-state index contributed by atoms with van der Waals surface area (Å²) in [6, 6.07) is 2.03. The quantitative estimate of drug-likeness (QED) is 0.625. The second-order valence-corrected chi connectivity index (χ2v) is 4.03. The topological polar surface area (TPSA) is 61.4 Å². The predicted octanol–water partition coefficient (Wildman–Crippen LogP) is 1.07. The highest BCUT2D eigenvalue weighted by Gasteiger charge is 2.10. The molecule has 0 aliphatic rings. The van der Waals surface area contributed by atoms with Crippen LogP contribution in [-0.2, 0) is 14.1 Å². The van der Waals surface area contributed by atoms with Gasteiger partial charge in [0.2, 0.25) is 0 Å². The molecule has 86 valence electrons. The monoisotopic (exact) mass is 228 g/mol. The van der Waals surface area contributed by atoms with Crippen LogP contribution in [0.1, 0.15) is 5.82 Å². The molecule has 0 N–H and O–H groups in total. The molecule has 0 aliphatic heterocycles. The minimum absolute atomic E-state index is 0.818. The number of hydrogen-bond donors (Lipinski definition) is 0. The molecule has 3 aromatic rings. The second-order valence-electron chi connectivity index (χ2n) is 4.03. The average molecular weight is 228 g/mol. The molecule has 6 nitrogen and oxygen atoms in total. The molecule has 0 bridgehead atoms. The van der Waals surface area contributed by atoms with Crippen molar-refractivity contribution in [1.82, 2.24) is 29.5 Å². The molecule has 3 rings (SSSR count). The molecule has 0 aromatic carbocycles. The lowest BCUT2D eigenvalue weighted by Gasteiger charge is -2.02. The maximum absolute atomic E-state index is 4.36. The number of rotatable bonds is 1. The summed E-state index contributed by atoms with van der Waals surface area (Å²) in [5.41, 5.74) is 2.82. The summed E-state index contributed by atoms with van der Waals surface area (Å²) in [7, 11) is 3.84. The van der Waals surface area contributed by atoms with E-state index in [-0.39, 0.29) is 0 Å². The Morgan fingerprint density at radius 3 is 2.65 bits per heavy atom. The number of aryl methyl sites for hydroxylation is 2. The van der Waals surface area contributed by atoms with Gasteiger partial charge in [-0.1, -0.05) is 0 Å². The Morgan fingerprint density at radius 2 is 1.94 bits per heavy atom. The van der Waals surface area contributed by atoms with Crippen molar-refractivity contribution in [3.63, 3.8) is 0 Å². The maximum Gasteiger partial charge on any atom is 0.165 e. The Morgan fingerprint density at radius 1 is 1.12 bits per heavy atom. The molecule has 3 heterocycles. The van der Waals surface area contributed by atoms with Gasteiger partial charge in [0.25, 0.3) is 0 Å². The van der Waals surface area contributed by atoms with Crippen molar-refractivity contribution in [3.05, 3.63) is 24.3 Å². The Balaban J connectivity index is 2.24. The average Bonchev–Trinajstić information content (AvgIpc) is 2.85. The Kier molecular flexibility index (Phi) is 1.98. The smallest absolute Gasteiger partial charge is 0.165 e. The van der Waals surface area contributed by atoms with Crippen LogP contribution in [0.5, 0.6) is 0 Å². The molecule has 0 spiro atoms. The second kappa shape index (κ2) is 3.38. The van der Waals surface area contributed by atoms with Crippen LogP contribution in [0.4, 0.5) is 0 Å². The summed E-state index contributed by atoms with van der Waals surface area (Å²) >= 11 is 0. The van der Waals surface area contributed by atoms with E-state index < -0.39 is 0 Å². The maximum atomic E-state index is 4.36. The molecule has 3 aromatic heterocycles. The van der Waals surface area contributed by atoms with Crippen LogP contribution in [0, 0.1) is 6.92 Å². The Labute approximate surface area is 97.9 Å². The fourth-order valence-electron chi connectivity index (χ4n) is 1.81. The van der Waals surface area contributed by atoms with Crippen molar-refractivity contribution in [3.8, 4) is 11.4 Å². The van der Waals surface area contributed by atoms with Crippen molar-refractivity contribution in [1.29, 1.82) is 0 Å². The first-order valence-electron chi connectivity index (χ1n) is 5.31. The predicted molar refractivity (Wildman–Crippen MR) is 63.2 cm³/mol. The zero-order chi connectivity index (χ0) is 12.0. The van der Waals surface area contributed by atoms with Gasteiger partial charge in [-0.05, 0) is 13.0 Å². The summed E-state index contributed by atoms with van der Waals surface area (Å²) in [5, 5.41) is 12.4. The van der Waals surface area contributed by atoms with Gasteiger partial charge in [0.15, 0.2) is 5.82 Å². The van der Waals surface area contributed by atoms with Crippen LogP contribution < -0.4 is 0 Å². The van der Waals surface area contributed by atoms with E-state index >= 15 is 0 Å². The van der Waals surface area contributed by atoms with Crippen molar-refractivity contribution in [2.75, 3.05) is 0 Å². The lowest BCUT2D eigenvalue weighted by Crippen LogP contribution is -1.96. The highest BCUT2D eigenvalue weighted by atomic mass is 15.3. The molecular weight excluding hydrogens is 216 g/mol. The summed E-state index contributed by atoms with van der Waals surface area (Å²) in [6.07, 6.45) is 3.55. The van der Waals surface area contributed by atoms with Gasteiger partial charge < -0.3 is 4.57 Å². The molecule has 0 radical (unpaired) electrons. The molecule has 17 heavy (non-hydrogen) atoms. The van der Waals surface area contributed by atoms with E-state index in [1.807, 2.05) is 31.7 Å².